The summed E-state index contributed by atoms with van der Waals surface area (Å²) >= 11 is 1.71. The van der Waals surface area contributed by atoms with Gasteiger partial charge in [-0.05, 0) is 34.7 Å². The summed E-state index contributed by atoms with van der Waals surface area (Å²) in [7, 11) is 0. The summed E-state index contributed by atoms with van der Waals surface area (Å²) in [4.78, 5) is 0. The summed E-state index contributed by atoms with van der Waals surface area (Å²) in [5, 5.41) is 12.8. The van der Waals surface area contributed by atoms with Crippen LogP contribution >= 0.6 is 11.3 Å². The molecule has 0 fully saturated rings. The molecule has 1 rings (SSSR count). The Morgan fingerprint density at radius 3 is 3.00 bits per heavy atom. The monoisotopic (exact) mass is 179 g/mol. The molecule has 0 saturated heterocycles. The van der Waals surface area contributed by atoms with Crippen LogP contribution in [0.25, 0.3) is 0 Å². The SMILES string of the molecule is CCCC(CC#N)c1ccsc1. The van der Waals surface area contributed by atoms with Gasteiger partial charge in [0.15, 0.2) is 0 Å². The Balaban J connectivity index is 2.61. The minimum Gasteiger partial charge on any atom is -0.198 e. The number of hydrogen-bond acceptors (Lipinski definition) is 2. The average molecular weight is 179 g/mol. The van der Waals surface area contributed by atoms with E-state index in [0.29, 0.717) is 12.3 Å². The van der Waals surface area contributed by atoms with E-state index < -0.39 is 0 Å². The van der Waals surface area contributed by atoms with Gasteiger partial charge in [-0.3, -0.25) is 0 Å². The van der Waals surface area contributed by atoms with Crippen LogP contribution in [0.1, 0.15) is 37.7 Å². The molecule has 0 aliphatic heterocycles. The molecule has 64 valence electrons. The molecule has 0 bridgehead atoms. The highest BCUT2D eigenvalue weighted by Gasteiger charge is 2.09. The number of rotatable bonds is 4. The predicted molar refractivity (Wildman–Crippen MR) is 52.2 cm³/mol. The Morgan fingerprint density at radius 2 is 2.50 bits per heavy atom. The molecule has 1 aromatic heterocycles. The molecule has 0 aliphatic carbocycles. The van der Waals surface area contributed by atoms with Gasteiger partial charge in [0.05, 0.1) is 6.07 Å². The first-order valence-corrected chi connectivity index (χ1v) is 5.21. The quantitative estimate of drug-likeness (QED) is 0.693. The van der Waals surface area contributed by atoms with E-state index in [-0.39, 0.29) is 0 Å². The molecular weight excluding hydrogens is 166 g/mol. The Morgan fingerprint density at radius 1 is 1.67 bits per heavy atom. The summed E-state index contributed by atoms with van der Waals surface area (Å²) in [6.07, 6.45) is 2.94. The molecule has 2 heteroatoms. The van der Waals surface area contributed by atoms with Gasteiger partial charge in [0.2, 0.25) is 0 Å². The maximum absolute atomic E-state index is 8.62. The smallest absolute Gasteiger partial charge is 0.0628 e. The first-order chi connectivity index (χ1) is 5.88. The fourth-order valence-corrected chi connectivity index (χ4v) is 2.09. The van der Waals surface area contributed by atoms with Crippen molar-refractivity contribution in [2.75, 3.05) is 0 Å². The van der Waals surface area contributed by atoms with E-state index in [1.165, 1.54) is 5.56 Å². The summed E-state index contributed by atoms with van der Waals surface area (Å²) in [6.45, 7) is 2.16. The largest absolute Gasteiger partial charge is 0.198 e. The van der Waals surface area contributed by atoms with Crippen LogP contribution in [0.2, 0.25) is 0 Å². The minimum atomic E-state index is 0.464. The Hall–Kier alpha value is -0.810. The van der Waals surface area contributed by atoms with E-state index in [1.54, 1.807) is 11.3 Å². The molecule has 1 aromatic rings. The highest BCUT2D eigenvalue weighted by atomic mass is 32.1. The van der Waals surface area contributed by atoms with Gasteiger partial charge in [0.25, 0.3) is 0 Å². The zero-order valence-corrected chi connectivity index (χ0v) is 8.10. The molecule has 12 heavy (non-hydrogen) atoms. The zero-order chi connectivity index (χ0) is 8.81. The number of hydrogen-bond donors (Lipinski definition) is 0. The zero-order valence-electron chi connectivity index (χ0n) is 7.29. The van der Waals surface area contributed by atoms with Crippen LogP contribution in [0, 0.1) is 11.3 Å². The van der Waals surface area contributed by atoms with E-state index in [2.05, 4.69) is 29.8 Å². The number of thiophene rings is 1. The Labute approximate surface area is 77.7 Å². The van der Waals surface area contributed by atoms with Gasteiger partial charge >= 0.3 is 0 Å². The second kappa shape index (κ2) is 4.95. The molecule has 0 aromatic carbocycles. The topological polar surface area (TPSA) is 23.8 Å². The third kappa shape index (κ3) is 2.35. The fraction of sp³-hybridized carbons (Fsp3) is 0.500. The van der Waals surface area contributed by atoms with Crippen molar-refractivity contribution < 1.29 is 0 Å². The lowest BCUT2D eigenvalue weighted by Gasteiger charge is -2.09. The van der Waals surface area contributed by atoms with Crippen LogP contribution in [0.3, 0.4) is 0 Å². The second-order valence-electron chi connectivity index (χ2n) is 2.90. The maximum atomic E-state index is 8.62. The van der Waals surface area contributed by atoms with E-state index in [4.69, 9.17) is 5.26 Å². The molecular formula is C10H13NS. The Kier molecular flexibility index (Phi) is 3.83. The maximum Gasteiger partial charge on any atom is 0.0628 e. The van der Waals surface area contributed by atoms with Crippen molar-refractivity contribution in [2.45, 2.75) is 32.1 Å². The van der Waals surface area contributed by atoms with Gasteiger partial charge in [-0.25, -0.2) is 0 Å². The molecule has 0 N–H and O–H groups in total. The van der Waals surface area contributed by atoms with Crippen LogP contribution in [0.15, 0.2) is 16.8 Å². The number of nitrogens with zero attached hydrogens (tertiary/aromatic N) is 1. The predicted octanol–water partition coefficient (Wildman–Crippen LogP) is 3.55. The van der Waals surface area contributed by atoms with Gasteiger partial charge < -0.3 is 0 Å². The molecule has 0 saturated carbocycles. The van der Waals surface area contributed by atoms with Gasteiger partial charge in [-0.2, -0.15) is 16.6 Å². The van der Waals surface area contributed by atoms with Crippen molar-refractivity contribution >= 4 is 11.3 Å². The van der Waals surface area contributed by atoms with Crippen molar-refractivity contribution in [3.63, 3.8) is 0 Å². The van der Waals surface area contributed by atoms with Gasteiger partial charge in [-0.1, -0.05) is 13.3 Å². The first kappa shape index (κ1) is 9.28. The van der Waals surface area contributed by atoms with Crippen LogP contribution in [0.4, 0.5) is 0 Å². The molecule has 1 nitrogen and oxygen atoms in total. The molecule has 0 spiro atoms. The van der Waals surface area contributed by atoms with Crippen LogP contribution in [-0.4, -0.2) is 0 Å². The summed E-state index contributed by atoms with van der Waals surface area (Å²) in [5.74, 6) is 0.464. The van der Waals surface area contributed by atoms with Crippen molar-refractivity contribution in [1.82, 2.24) is 0 Å². The lowest BCUT2D eigenvalue weighted by atomic mass is 9.94. The van der Waals surface area contributed by atoms with Gasteiger partial charge in [0, 0.05) is 6.42 Å². The first-order valence-electron chi connectivity index (χ1n) is 4.27. The fourth-order valence-electron chi connectivity index (χ4n) is 1.35. The highest BCUT2D eigenvalue weighted by molar-refractivity contribution is 7.07. The van der Waals surface area contributed by atoms with Crippen LogP contribution in [-0.2, 0) is 0 Å². The van der Waals surface area contributed by atoms with Gasteiger partial charge in [-0.15, -0.1) is 0 Å². The van der Waals surface area contributed by atoms with E-state index in [9.17, 15) is 0 Å². The van der Waals surface area contributed by atoms with E-state index in [1.807, 2.05) is 0 Å². The van der Waals surface area contributed by atoms with Crippen molar-refractivity contribution in [2.24, 2.45) is 0 Å². The standard InChI is InChI=1S/C10H13NS/c1-2-3-9(4-6-11)10-5-7-12-8-10/h5,7-9H,2-4H2,1H3. The Bertz CT molecular complexity index is 245. The number of nitriles is 1. The molecule has 0 amide bonds. The minimum absolute atomic E-state index is 0.464. The average Bonchev–Trinajstić information content (AvgIpc) is 2.56. The van der Waals surface area contributed by atoms with Crippen LogP contribution < -0.4 is 0 Å². The normalized spacial score (nSPS) is 12.3. The summed E-state index contributed by atoms with van der Waals surface area (Å²) < 4.78 is 0. The molecule has 1 atom stereocenters. The third-order valence-corrected chi connectivity index (χ3v) is 2.69. The second-order valence-corrected chi connectivity index (χ2v) is 3.68. The van der Waals surface area contributed by atoms with E-state index in [0.717, 1.165) is 12.8 Å². The molecule has 0 radical (unpaired) electrons. The van der Waals surface area contributed by atoms with Crippen LogP contribution in [0.5, 0.6) is 0 Å². The highest BCUT2D eigenvalue weighted by Crippen LogP contribution is 2.25. The summed E-state index contributed by atoms with van der Waals surface area (Å²) in [5.41, 5.74) is 1.34. The van der Waals surface area contributed by atoms with Crippen molar-refractivity contribution in [1.29, 1.82) is 5.26 Å². The van der Waals surface area contributed by atoms with Gasteiger partial charge in [0.1, 0.15) is 0 Å². The van der Waals surface area contributed by atoms with E-state index >= 15 is 0 Å². The molecule has 0 aliphatic rings. The molecule has 1 unspecified atom stereocenters. The summed E-state index contributed by atoms with van der Waals surface area (Å²) in [6, 6.07) is 4.37. The molecule has 1 heterocycles. The van der Waals surface area contributed by atoms with Crippen molar-refractivity contribution in [3.05, 3.63) is 22.4 Å². The lowest BCUT2D eigenvalue weighted by Crippen LogP contribution is -1.94. The van der Waals surface area contributed by atoms with Crippen molar-refractivity contribution in [3.8, 4) is 6.07 Å². The lowest BCUT2D eigenvalue weighted by molar-refractivity contribution is 0.627. The third-order valence-electron chi connectivity index (χ3n) is 1.99.